The summed E-state index contributed by atoms with van der Waals surface area (Å²) in [7, 11) is 1.68. The molecule has 0 aliphatic heterocycles. The Morgan fingerprint density at radius 2 is 1.73 bits per heavy atom. The van der Waals surface area contributed by atoms with Crippen molar-refractivity contribution in [3.8, 4) is 5.75 Å². The van der Waals surface area contributed by atoms with E-state index in [1.54, 1.807) is 13.4 Å². The number of furan rings is 1. The summed E-state index contributed by atoms with van der Waals surface area (Å²) in [4.78, 5) is 0. The monoisotopic (exact) mass is 294 g/mol. The molecule has 0 spiro atoms. The minimum atomic E-state index is 0.214. The summed E-state index contributed by atoms with van der Waals surface area (Å²) in [5.41, 5.74) is 2.46. The highest BCUT2D eigenvalue weighted by atomic mass is 16.5. The first-order valence-electron chi connectivity index (χ1n) is 7.41. The van der Waals surface area contributed by atoms with Crippen LogP contribution in [0.5, 0.6) is 5.75 Å². The lowest BCUT2D eigenvalue weighted by molar-refractivity contribution is -0.620. The summed E-state index contributed by atoms with van der Waals surface area (Å²) in [5, 5.41) is 2.24. The molecule has 0 aliphatic carbocycles. The smallest absolute Gasteiger partial charge is 0.161 e. The van der Waals surface area contributed by atoms with Crippen molar-refractivity contribution >= 4 is 5.69 Å². The van der Waals surface area contributed by atoms with E-state index >= 15 is 0 Å². The van der Waals surface area contributed by atoms with Crippen LogP contribution in [0.4, 0.5) is 5.69 Å². The normalized spacial score (nSPS) is 12.0. The lowest BCUT2D eigenvalue weighted by atomic mass is 10.0. The molecule has 3 rings (SSSR count). The van der Waals surface area contributed by atoms with E-state index in [0.29, 0.717) is 0 Å². The Hall–Kier alpha value is -2.52. The van der Waals surface area contributed by atoms with Gasteiger partial charge in [-0.3, -0.25) is 0 Å². The molecule has 22 heavy (non-hydrogen) atoms. The van der Waals surface area contributed by atoms with Crippen molar-refractivity contribution in [2.75, 3.05) is 7.11 Å². The van der Waals surface area contributed by atoms with Gasteiger partial charge in [0, 0.05) is 18.6 Å². The van der Waals surface area contributed by atoms with Crippen LogP contribution in [0.25, 0.3) is 0 Å². The van der Waals surface area contributed by atoms with Gasteiger partial charge in [-0.05, 0) is 29.8 Å². The molecule has 2 aromatic carbocycles. The molecule has 0 bridgehead atoms. The molecule has 3 nitrogen and oxygen atoms in total. The second-order valence-electron chi connectivity index (χ2n) is 5.25. The van der Waals surface area contributed by atoms with Gasteiger partial charge in [-0.15, -0.1) is 0 Å². The third kappa shape index (κ3) is 3.57. The first-order valence-corrected chi connectivity index (χ1v) is 7.41. The quantitative estimate of drug-likeness (QED) is 0.707. The molecule has 0 fully saturated rings. The van der Waals surface area contributed by atoms with Crippen molar-refractivity contribution in [1.82, 2.24) is 0 Å². The summed E-state index contributed by atoms with van der Waals surface area (Å²) < 4.78 is 10.8. The zero-order chi connectivity index (χ0) is 15.2. The molecule has 1 heterocycles. The first kappa shape index (κ1) is 14.4. The van der Waals surface area contributed by atoms with Crippen LogP contribution in [0.3, 0.4) is 0 Å². The third-order valence-electron chi connectivity index (χ3n) is 3.72. The molecule has 0 saturated carbocycles. The van der Waals surface area contributed by atoms with Crippen LogP contribution in [0.1, 0.15) is 17.4 Å². The largest absolute Gasteiger partial charge is 0.497 e. The fourth-order valence-electron chi connectivity index (χ4n) is 2.56. The highest BCUT2D eigenvalue weighted by Crippen LogP contribution is 2.18. The first-order chi connectivity index (χ1) is 10.8. The minimum Gasteiger partial charge on any atom is -0.497 e. The molecule has 2 N–H and O–H groups in total. The average molecular weight is 294 g/mol. The zero-order valence-corrected chi connectivity index (χ0v) is 12.6. The van der Waals surface area contributed by atoms with Crippen LogP contribution in [0, 0.1) is 0 Å². The van der Waals surface area contributed by atoms with E-state index in [2.05, 4.69) is 41.7 Å². The van der Waals surface area contributed by atoms with Gasteiger partial charge in [-0.1, -0.05) is 30.3 Å². The third-order valence-corrected chi connectivity index (χ3v) is 3.72. The molecule has 1 unspecified atom stereocenters. The maximum Gasteiger partial charge on any atom is 0.161 e. The van der Waals surface area contributed by atoms with Gasteiger partial charge in [0.05, 0.1) is 13.4 Å². The van der Waals surface area contributed by atoms with E-state index in [-0.39, 0.29) is 6.04 Å². The average Bonchev–Trinajstić information content (AvgIpc) is 3.10. The van der Waals surface area contributed by atoms with Crippen LogP contribution in [-0.4, -0.2) is 7.11 Å². The Bertz CT molecular complexity index is 675. The van der Waals surface area contributed by atoms with Gasteiger partial charge in [0.15, 0.2) is 11.8 Å². The molecule has 1 atom stereocenters. The maximum atomic E-state index is 5.63. The molecule has 3 aromatic rings. The Balaban J connectivity index is 1.79. The minimum absolute atomic E-state index is 0.214. The van der Waals surface area contributed by atoms with Crippen molar-refractivity contribution < 1.29 is 14.5 Å². The topological polar surface area (TPSA) is 39.0 Å². The zero-order valence-electron chi connectivity index (χ0n) is 12.6. The molecule has 0 amide bonds. The number of nitrogens with two attached hydrogens (primary N) is 1. The number of hydrogen-bond donors (Lipinski definition) is 1. The number of benzene rings is 2. The standard InChI is InChI=1S/C19H19NO2/c1-21-17-11-9-16(10-12-17)20-18(19-8-5-13-22-19)14-15-6-3-2-4-7-15/h2-13,18,20H,14H2,1H3/p+1. The summed E-state index contributed by atoms with van der Waals surface area (Å²) in [6.07, 6.45) is 2.65. The number of ether oxygens (including phenoxy) is 1. The van der Waals surface area contributed by atoms with Gasteiger partial charge < -0.3 is 14.5 Å². The van der Waals surface area contributed by atoms with Crippen molar-refractivity contribution in [3.63, 3.8) is 0 Å². The predicted octanol–water partition coefficient (Wildman–Crippen LogP) is 3.47. The fourth-order valence-corrected chi connectivity index (χ4v) is 2.56. The van der Waals surface area contributed by atoms with Crippen molar-refractivity contribution in [3.05, 3.63) is 84.3 Å². The van der Waals surface area contributed by atoms with E-state index in [1.165, 1.54) is 5.56 Å². The van der Waals surface area contributed by atoms with Crippen molar-refractivity contribution in [2.45, 2.75) is 12.5 Å². The van der Waals surface area contributed by atoms with Crippen LogP contribution in [0.15, 0.2) is 77.4 Å². The van der Waals surface area contributed by atoms with Crippen molar-refractivity contribution in [2.24, 2.45) is 0 Å². The van der Waals surface area contributed by atoms with E-state index in [1.807, 2.05) is 30.3 Å². The second-order valence-corrected chi connectivity index (χ2v) is 5.25. The molecule has 0 saturated heterocycles. The van der Waals surface area contributed by atoms with Crippen molar-refractivity contribution in [1.29, 1.82) is 0 Å². The van der Waals surface area contributed by atoms with Gasteiger partial charge in [0.25, 0.3) is 0 Å². The van der Waals surface area contributed by atoms with Gasteiger partial charge in [0.2, 0.25) is 0 Å². The van der Waals surface area contributed by atoms with Crippen LogP contribution in [-0.2, 0) is 6.42 Å². The van der Waals surface area contributed by atoms with Gasteiger partial charge in [-0.2, -0.15) is 0 Å². The summed E-state index contributed by atoms with van der Waals surface area (Å²) in [6.45, 7) is 0. The number of quaternary nitrogens is 1. The Labute approximate surface area is 130 Å². The van der Waals surface area contributed by atoms with E-state index in [0.717, 1.165) is 23.6 Å². The summed E-state index contributed by atoms with van der Waals surface area (Å²) in [6, 6.07) is 22.8. The van der Waals surface area contributed by atoms with E-state index in [9.17, 15) is 0 Å². The molecular formula is C19H20NO2+. The highest BCUT2D eigenvalue weighted by molar-refractivity contribution is 5.35. The van der Waals surface area contributed by atoms with Gasteiger partial charge in [0.1, 0.15) is 11.4 Å². The number of methoxy groups -OCH3 is 1. The summed E-state index contributed by atoms with van der Waals surface area (Å²) in [5.74, 6) is 1.86. The van der Waals surface area contributed by atoms with Crippen LogP contribution in [0.2, 0.25) is 0 Å². The highest BCUT2D eigenvalue weighted by Gasteiger charge is 2.19. The predicted molar refractivity (Wildman–Crippen MR) is 86.2 cm³/mol. The number of rotatable bonds is 6. The molecule has 112 valence electrons. The molecule has 0 aliphatic rings. The SMILES string of the molecule is COc1ccc([NH2+]C(Cc2ccccc2)c2ccco2)cc1. The molecule has 1 aromatic heterocycles. The lowest BCUT2D eigenvalue weighted by Gasteiger charge is -2.13. The second kappa shape index (κ2) is 6.96. The molecule has 3 heteroatoms. The number of hydrogen-bond acceptors (Lipinski definition) is 2. The Kier molecular flexibility index (Phi) is 4.56. The summed E-state index contributed by atoms with van der Waals surface area (Å²) >= 11 is 0. The van der Waals surface area contributed by atoms with Crippen LogP contribution >= 0.6 is 0 Å². The van der Waals surface area contributed by atoms with Gasteiger partial charge in [-0.25, -0.2) is 0 Å². The van der Waals surface area contributed by atoms with Crippen LogP contribution < -0.4 is 10.1 Å². The molecular weight excluding hydrogens is 274 g/mol. The fraction of sp³-hybridized carbons (Fsp3) is 0.158. The maximum absolute atomic E-state index is 5.63. The Morgan fingerprint density at radius 3 is 2.36 bits per heavy atom. The molecule has 0 radical (unpaired) electrons. The van der Waals surface area contributed by atoms with E-state index in [4.69, 9.17) is 9.15 Å². The lowest BCUT2D eigenvalue weighted by Crippen LogP contribution is -2.79. The van der Waals surface area contributed by atoms with Gasteiger partial charge >= 0.3 is 0 Å². The Morgan fingerprint density at radius 1 is 0.955 bits per heavy atom. The van der Waals surface area contributed by atoms with E-state index < -0.39 is 0 Å².